The van der Waals surface area contributed by atoms with E-state index in [2.05, 4.69) is 55.8 Å². The summed E-state index contributed by atoms with van der Waals surface area (Å²) in [5.74, 6) is 0.782. The lowest BCUT2D eigenvalue weighted by molar-refractivity contribution is 0.802. The Bertz CT molecular complexity index is 776. The van der Waals surface area contributed by atoms with Crippen molar-refractivity contribution in [1.29, 1.82) is 0 Å². The first-order valence-electron chi connectivity index (χ1n) is 6.44. The summed E-state index contributed by atoms with van der Waals surface area (Å²) in [7, 11) is 0. The Morgan fingerprint density at radius 3 is 3.00 bits per heavy atom. The van der Waals surface area contributed by atoms with Crippen LogP contribution in [0.2, 0.25) is 0 Å². The molecule has 4 rings (SSSR count). The molecule has 0 saturated heterocycles. The molecule has 2 heterocycles. The molecular weight excluding hydrogens is 302 g/mol. The van der Waals surface area contributed by atoms with Gasteiger partial charge in [0.05, 0.1) is 15.9 Å². The number of fused-ring (bicyclic) bond motifs is 5. The fourth-order valence-electron chi connectivity index (χ4n) is 2.83. The molecule has 0 atom stereocenters. The van der Waals surface area contributed by atoms with Crippen LogP contribution in [-0.4, -0.2) is 14.4 Å². The van der Waals surface area contributed by atoms with Crippen molar-refractivity contribution in [2.24, 2.45) is 0 Å². The number of benzene rings is 1. The van der Waals surface area contributed by atoms with Gasteiger partial charge in [-0.1, -0.05) is 24.3 Å². The summed E-state index contributed by atoms with van der Waals surface area (Å²) >= 11 is 3.49. The Morgan fingerprint density at radius 1 is 1.16 bits per heavy atom. The van der Waals surface area contributed by atoms with E-state index in [1.54, 1.807) is 6.20 Å². The zero-order valence-corrected chi connectivity index (χ0v) is 11.9. The summed E-state index contributed by atoms with van der Waals surface area (Å²) < 4.78 is 3.10. The molecule has 3 nitrogen and oxygen atoms in total. The van der Waals surface area contributed by atoms with Crippen LogP contribution in [0, 0.1) is 0 Å². The summed E-state index contributed by atoms with van der Waals surface area (Å²) in [6.07, 6.45) is 7.18. The van der Waals surface area contributed by atoms with Crippen molar-refractivity contribution in [3.8, 4) is 11.3 Å². The van der Waals surface area contributed by atoms with Crippen LogP contribution < -0.4 is 0 Å². The first kappa shape index (κ1) is 11.2. The van der Waals surface area contributed by atoms with Crippen molar-refractivity contribution in [3.63, 3.8) is 0 Å². The molecule has 0 amide bonds. The number of nitrogens with zero attached hydrogens (tertiary/aromatic N) is 3. The lowest BCUT2D eigenvalue weighted by atomic mass is 10.0. The molecule has 19 heavy (non-hydrogen) atoms. The molecule has 0 unspecified atom stereocenters. The van der Waals surface area contributed by atoms with Crippen LogP contribution in [0.25, 0.3) is 17.0 Å². The summed E-state index contributed by atoms with van der Waals surface area (Å²) in [6.45, 7) is 0. The maximum atomic E-state index is 4.73. The van der Waals surface area contributed by atoms with E-state index in [0.717, 1.165) is 35.2 Å². The van der Waals surface area contributed by atoms with E-state index in [9.17, 15) is 0 Å². The van der Waals surface area contributed by atoms with Crippen molar-refractivity contribution in [2.45, 2.75) is 19.3 Å². The minimum absolute atomic E-state index is 0.782. The van der Waals surface area contributed by atoms with Gasteiger partial charge < -0.3 is 0 Å². The predicted octanol–water partition coefficient (Wildman–Crippen LogP) is 3.65. The molecule has 0 aliphatic heterocycles. The molecule has 0 spiro atoms. The lowest BCUT2D eigenvalue weighted by Gasteiger charge is -2.03. The lowest BCUT2D eigenvalue weighted by Crippen LogP contribution is -1.95. The van der Waals surface area contributed by atoms with Crippen LogP contribution in [0.3, 0.4) is 0 Å². The van der Waals surface area contributed by atoms with Crippen molar-refractivity contribution >= 4 is 21.7 Å². The highest BCUT2D eigenvalue weighted by Crippen LogP contribution is 2.32. The second-order valence-corrected chi connectivity index (χ2v) is 5.78. The Labute approximate surface area is 119 Å². The molecule has 2 aromatic heterocycles. The van der Waals surface area contributed by atoms with Crippen LogP contribution in [0.15, 0.2) is 41.1 Å². The molecule has 1 aromatic carbocycles. The Hall–Kier alpha value is -1.68. The van der Waals surface area contributed by atoms with Gasteiger partial charge in [0.25, 0.3) is 0 Å². The molecular formula is C15H12BrN3. The van der Waals surface area contributed by atoms with Gasteiger partial charge in [0.15, 0.2) is 0 Å². The van der Waals surface area contributed by atoms with Gasteiger partial charge in [-0.15, -0.1) is 0 Å². The van der Waals surface area contributed by atoms with E-state index in [1.165, 1.54) is 16.8 Å². The summed E-state index contributed by atoms with van der Waals surface area (Å²) in [5, 5.41) is 0. The second kappa shape index (κ2) is 4.17. The van der Waals surface area contributed by atoms with Crippen LogP contribution in [-0.2, 0) is 12.8 Å². The van der Waals surface area contributed by atoms with Gasteiger partial charge in [-0.3, -0.25) is 4.40 Å². The quantitative estimate of drug-likeness (QED) is 0.634. The third kappa shape index (κ3) is 1.70. The number of halogens is 1. The Morgan fingerprint density at radius 2 is 2.05 bits per heavy atom. The van der Waals surface area contributed by atoms with Gasteiger partial charge in [0.1, 0.15) is 0 Å². The topological polar surface area (TPSA) is 30.2 Å². The van der Waals surface area contributed by atoms with E-state index in [0.29, 0.717) is 0 Å². The smallest absolute Gasteiger partial charge is 0.234 e. The molecule has 0 saturated carbocycles. The van der Waals surface area contributed by atoms with Crippen molar-refractivity contribution in [1.82, 2.24) is 14.4 Å². The number of aromatic nitrogens is 3. The fraction of sp³-hybridized carbons (Fsp3) is 0.200. The van der Waals surface area contributed by atoms with Gasteiger partial charge in [-0.25, -0.2) is 9.97 Å². The van der Waals surface area contributed by atoms with Crippen molar-refractivity contribution in [3.05, 3.63) is 52.4 Å². The zero-order chi connectivity index (χ0) is 12.8. The highest BCUT2D eigenvalue weighted by atomic mass is 79.9. The van der Waals surface area contributed by atoms with Crippen LogP contribution in [0.1, 0.15) is 17.7 Å². The third-order valence-electron chi connectivity index (χ3n) is 3.68. The Kier molecular flexibility index (Phi) is 2.45. The van der Waals surface area contributed by atoms with Crippen molar-refractivity contribution < 1.29 is 0 Å². The maximum Gasteiger partial charge on any atom is 0.234 e. The summed E-state index contributed by atoms with van der Waals surface area (Å²) in [4.78, 5) is 9.12. The first-order chi connectivity index (χ1) is 9.33. The monoisotopic (exact) mass is 313 g/mol. The van der Waals surface area contributed by atoms with Gasteiger partial charge in [0.2, 0.25) is 5.78 Å². The average Bonchev–Trinajstić information content (AvgIpc) is 2.67. The molecule has 1 aliphatic carbocycles. The highest BCUT2D eigenvalue weighted by molar-refractivity contribution is 9.10. The molecule has 1 aliphatic rings. The number of rotatable bonds is 0. The minimum Gasteiger partial charge on any atom is -0.286 e. The SMILES string of the molecule is Brc1cnc2nc3c(n2c1)CCCc1ccccc1-3. The van der Waals surface area contributed by atoms with Crippen LogP contribution in [0.4, 0.5) is 0 Å². The van der Waals surface area contributed by atoms with Crippen LogP contribution in [0.5, 0.6) is 0 Å². The number of aryl methyl sites for hydroxylation is 2. The highest BCUT2D eigenvalue weighted by Gasteiger charge is 2.19. The van der Waals surface area contributed by atoms with Gasteiger partial charge >= 0.3 is 0 Å². The first-order valence-corrected chi connectivity index (χ1v) is 7.23. The van der Waals surface area contributed by atoms with Gasteiger partial charge in [-0.05, 0) is 40.8 Å². The molecule has 94 valence electrons. The molecule has 0 radical (unpaired) electrons. The zero-order valence-electron chi connectivity index (χ0n) is 10.3. The summed E-state index contributed by atoms with van der Waals surface area (Å²) in [5.41, 5.74) is 5.02. The minimum atomic E-state index is 0.782. The Balaban J connectivity index is 2.08. The molecule has 3 aromatic rings. The van der Waals surface area contributed by atoms with E-state index < -0.39 is 0 Å². The van der Waals surface area contributed by atoms with E-state index in [1.807, 2.05) is 0 Å². The average molecular weight is 314 g/mol. The van der Waals surface area contributed by atoms with E-state index in [-0.39, 0.29) is 0 Å². The third-order valence-corrected chi connectivity index (χ3v) is 4.09. The summed E-state index contributed by atoms with van der Waals surface area (Å²) in [6, 6.07) is 8.56. The predicted molar refractivity (Wildman–Crippen MR) is 78.1 cm³/mol. The largest absolute Gasteiger partial charge is 0.286 e. The number of hydrogen-bond donors (Lipinski definition) is 0. The second-order valence-electron chi connectivity index (χ2n) is 4.86. The van der Waals surface area contributed by atoms with Gasteiger partial charge in [0, 0.05) is 18.0 Å². The molecule has 0 N–H and O–H groups in total. The van der Waals surface area contributed by atoms with E-state index >= 15 is 0 Å². The molecule has 0 fully saturated rings. The molecule has 0 bridgehead atoms. The normalized spacial score (nSPS) is 13.9. The maximum absolute atomic E-state index is 4.73. The molecule has 4 heteroatoms. The van der Waals surface area contributed by atoms with Crippen LogP contribution >= 0.6 is 15.9 Å². The number of imidazole rings is 1. The van der Waals surface area contributed by atoms with E-state index in [4.69, 9.17) is 4.98 Å². The standard InChI is InChI=1S/C15H12BrN3/c16-11-8-17-15-18-14-12-6-2-1-4-10(12)5-3-7-13(14)19(15)9-11/h1-2,4,6,8-9H,3,5,7H2. The fourth-order valence-corrected chi connectivity index (χ4v) is 3.13. The van der Waals surface area contributed by atoms with Crippen molar-refractivity contribution in [2.75, 3.05) is 0 Å². The van der Waals surface area contributed by atoms with Gasteiger partial charge in [-0.2, -0.15) is 0 Å². The number of hydrogen-bond acceptors (Lipinski definition) is 2.